The Morgan fingerprint density at radius 3 is 2.54 bits per heavy atom. The first kappa shape index (κ1) is 19.1. The van der Waals surface area contributed by atoms with Gasteiger partial charge in [0.1, 0.15) is 11.9 Å². The summed E-state index contributed by atoms with van der Waals surface area (Å²) in [4.78, 5) is 25.9. The van der Waals surface area contributed by atoms with Crippen molar-refractivity contribution in [3.05, 3.63) is 23.8 Å². The number of nitrogens with one attached hydrogen (secondary N) is 1. The van der Waals surface area contributed by atoms with Gasteiger partial charge in [0, 0.05) is 43.0 Å². The number of benzene rings is 1. The molecule has 2 amide bonds. The fourth-order valence-electron chi connectivity index (χ4n) is 4.74. The van der Waals surface area contributed by atoms with Crippen molar-refractivity contribution in [2.75, 3.05) is 18.1 Å². The summed E-state index contributed by atoms with van der Waals surface area (Å²) >= 11 is 0. The Bertz CT molecular complexity index is 757. The average Bonchev–Trinajstić information content (AvgIpc) is 3.49. The van der Waals surface area contributed by atoms with E-state index in [4.69, 9.17) is 9.47 Å². The topological polar surface area (TPSA) is 88.1 Å². The van der Waals surface area contributed by atoms with Crippen molar-refractivity contribution in [2.45, 2.75) is 57.7 Å². The van der Waals surface area contributed by atoms with Crippen LogP contribution in [-0.2, 0) is 9.53 Å². The number of fused-ring (bicyclic) bond motifs is 1. The summed E-state index contributed by atoms with van der Waals surface area (Å²) in [5.74, 6) is 1.13. The summed E-state index contributed by atoms with van der Waals surface area (Å²) < 4.78 is 11.5. The molecule has 3 atom stereocenters. The highest BCUT2D eigenvalue weighted by Gasteiger charge is 2.48. The van der Waals surface area contributed by atoms with Crippen LogP contribution in [-0.4, -0.2) is 42.5 Å². The zero-order valence-electron chi connectivity index (χ0n) is 16.4. The standard InChI is InChI=1S/C21H28N2O5/c1-12-19(22-21(25)26)17-11-16(28-15-7-9-27-10-8-15)5-6-18(17)23(13(2)24)20(12)14-3-4-14/h5-6,11-12,14-15,19-20,22H,3-4,7-10H2,1-2H3,(H,25,26)/t12-,19-,20+/m1/s1. The minimum atomic E-state index is -1.05. The van der Waals surface area contributed by atoms with Crippen LogP contribution in [0.25, 0.3) is 0 Å². The Morgan fingerprint density at radius 2 is 1.93 bits per heavy atom. The molecule has 28 heavy (non-hydrogen) atoms. The zero-order chi connectivity index (χ0) is 19.8. The van der Waals surface area contributed by atoms with Gasteiger partial charge in [0.2, 0.25) is 5.91 Å². The van der Waals surface area contributed by atoms with Gasteiger partial charge < -0.3 is 24.8 Å². The van der Waals surface area contributed by atoms with Crippen LogP contribution in [0.2, 0.25) is 0 Å². The van der Waals surface area contributed by atoms with Gasteiger partial charge in [-0.15, -0.1) is 0 Å². The second-order valence-electron chi connectivity index (χ2n) is 8.15. The van der Waals surface area contributed by atoms with Gasteiger partial charge in [-0.25, -0.2) is 4.79 Å². The molecule has 0 unspecified atom stereocenters. The molecule has 0 spiro atoms. The molecule has 1 aromatic rings. The predicted octanol–water partition coefficient (Wildman–Crippen LogP) is 3.33. The molecule has 1 saturated carbocycles. The van der Waals surface area contributed by atoms with Gasteiger partial charge in [0.05, 0.1) is 19.3 Å². The van der Waals surface area contributed by atoms with E-state index in [0.717, 1.165) is 36.9 Å². The molecule has 1 saturated heterocycles. The van der Waals surface area contributed by atoms with Crippen LogP contribution in [0.1, 0.15) is 51.1 Å². The van der Waals surface area contributed by atoms with E-state index in [2.05, 4.69) is 5.32 Å². The van der Waals surface area contributed by atoms with E-state index < -0.39 is 6.09 Å². The van der Waals surface area contributed by atoms with Crippen LogP contribution in [0.4, 0.5) is 10.5 Å². The summed E-state index contributed by atoms with van der Waals surface area (Å²) in [6, 6.07) is 5.35. The number of carbonyl (C=O) groups is 2. The van der Waals surface area contributed by atoms with Crippen molar-refractivity contribution >= 4 is 17.7 Å². The molecule has 0 bridgehead atoms. The maximum absolute atomic E-state index is 12.5. The SMILES string of the molecule is CC(=O)N1c2ccc(OC3CCOCC3)cc2[C@H](NC(=O)O)[C@@H](C)[C@H]1C1CC1. The highest BCUT2D eigenvalue weighted by atomic mass is 16.5. The normalized spacial score (nSPS) is 27.8. The third kappa shape index (κ3) is 3.68. The second-order valence-corrected chi connectivity index (χ2v) is 8.15. The highest BCUT2D eigenvalue weighted by Crippen LogP contribution is 2.49. The molecule has 0 radical (unpaired) electrons. The van der Waals surface area contributed by atoms with Gasteiger partial charge in [0.15, 0.2) is 0 Å². The van der Waals surface area contributed by atoms with Crippen molar-refractivity contribution in [3.63, 3.8) is 0 Å². The molecule has 7 heteroatoms. The van der Waals surface area contributed by atoms with Crippen molar-refractivity contribution in [1.29, 1.82) is 0 Å². The maximum atomic E-state index is 12.5. The molecule has 3 aliphatic rings. The van der Waals surface area contributed by atoms with Crippen molar-refractivity contribution < 1.29 is 24.2 Å². The van der Waals surface area contributed by atoms with Crippen LogP contribution < -0.4 is 15.0 Å². The Morgan fingerprint density at radius 1 is 1.21 bits per heavy atom. The minimum Gasteiger partial charge on any atom is -0.490 e. The molecule has 0 aromatic heterocycles. The summed E-state index contributed by atoms with van der Waals surface area (Å²) in [6.07, 6.45) is 2.89. The average molecular weight is 388 g/mol. The van der Waals surface area contributed by atoms with E-state index in [1.54, 1.807) is 6.92 Å². The van der Waals surface area contributed by atoms with Gasteiger partial charge in [-0.3, -0.25) is 4.79 Å². The third-order valence-electron chi connectivity index (χ3n) is 6.15. The number of anilines is 1. The Kier molecular flexibility index (Phi) is 5.19. The molecule has 2 aliphatic heterocycles. The fourth-order valence-corrected chi connectivity index (χ4v) is 4.74. The fraction of sp³-hybridized carbons (Fsp3) is 0.619. The van der Waals surface area contributed by atoms with Gasteiger partial charge in [-0.1, -0.05) is 6.92 Å². The van der Waals surface area contributed by atoms with E-state index >= 15 is 0 Å². The number of hydrogen-bond acceptors (Lipinski definition) is 4. The first-order valence-electron chi connectivity index (χ1n) is 10.1. The zero-order valence-corrected chi connectivity index (χ0v) is 16.4. The highest BCUT2D eigenvalue weighted by molar-refractivity contribution is 5.94. The Labute approximate surface area is 165 Å². The van der Waals surface area contributed by atoms with Crippen molar-refractivity contribution in [1.82, 2.24) is 5.32 Å². The first-order chi connectivity index (χ1) is 13.5. The lowest BCUT2D eigenvalue weighted by molar-refractivity contribution is -0.117. The monoisotopic (exact) mass is 388 g/mol. The second kappa shape index (κ2) is 7.62. The van der Waals surface area contributed by atoms with E-state index in [1.165, 1.54) is 0 Å². The number of nitrogens with zero attached hydrogens (tertiary/aromatic N) is 1. The quantitative estimate of drug-likeness (QED) is 0.826. The molecule has 2 N–H and O–H groups in total. The predicted molar refractivity (Wildman–Crippen MR) is 104 cm³/mol. The molecular formula is C21H28N2O5. The molecule has 4 rings (SSSR count). The van der Waals surface area contributed by atoms with Crippen molar-refractivity contribution in [2.24, 2.45) is 11.8 Å². The lowest BCUT2D eigenvalue weighted by Gasteiger charge is -2.45. The molecule has 7 nitrogen and oxygen atoms in total. The largest absolute Gasteiger partial charge is 0.490 e. The number of rotatable bonds is 4. The maximum Gasteiger partial charge on any atom is 0.405 e. The smallest absolute Gasteiger partial charge is 0.405 e. The summed E-state index contributed by atoms with van der Waals surface area (Å²) in [5.41, 5.74) is 1.60. The summed E-state index contributed by atoms with van der Waals surface area (Å²) in [5, 5.41) is 12.1. The first-order valence-corrected chi connectivity index (χ1v) is 10.1. The van der Waals surface area contributed by atoms with Gasteiger partial charge in [0.25, 0.3) is 0 Å². The van der Waals surface area contributed by atoms with Crippen LogP contribution in [0.5, 0.6) is 5.75 Å². The Hall–Kier alpha value is -2.28. The molecule has 1 aromatic carbocycles. The van der Waals surface area contributed by atoms with Gasteiger partial charge in [-0.2, -0.15) is 0 Å². The van der Waals surface area contributed by atoms with E-state index in [0.29, 0.717) is 24.9 Å². The number of ether oxygens (including phenoxy) is 2. The number of amides is 2. The lowest BCUT2D eigenvalue weighted by Crippen LogP contribution is -2.53. The molecule has 2 fully saturated rings. The number of carbonyl (C=O) groups excluding carboxylic acids is 1. The van der Waals surface area contributed by atoms with Crippen LogP contribution in [0.15, 0.2) is 18.2 Å². The van der Waals surface area contributed by atoms with Gasteiger partial charge >= 0.3 is 6.09 Å². The third-order valence-corrected chi connectivity index (χ3v) is 6.15. The van der Waals surface area contributed by atoms with E-state index in [9.17, 15) is 14.7 Å². The van der Waals surface area contributed by atoms with E-state index in [-0.39, 0.29) is 30.0 Å². The summed E-state index contributed by atoms with van der Waals surface area (Å²) in [6.45, 7) is 5.01. The van der Waals surface area contributed by atoms with Gasteiger partial charge in [-0.05, 0) is 37.0 Å². The molecular weight excluding hydrogens is 360 g/mol. The summed E-state index contributed by atoms with van der Waals surface area (Å²) in [7, 11) is 0. The minimum absolute atomic E-state index is 0.00290. The number of carboxylic acid groups (broad SMARTS) is 1. The number of hydrogen-bond donors (Lipinski definition) is 2. The van der Waals surface area contributed by atoms with Crippen molar-refractivity contribution in [3.8, 4) is 5.75 Å². The molecule has 152 valence electrons. The van der Waals surface area contributed by atoms with Crippen LogP contribution >= 0.6 is 0 Å². The van der Waals surface area contributed by atoms with E-state index in [1.807, 2.05) is 30.0 Å². The Balaban J connectivity index is 1.70. The van der Waals surface area contributed by atoms with Crippen LogP contribution in [0, 0.1) is 11.8 Å². The molecule has 1 aliphatic carbocycles. The lowest BCUT2D eigenvalue weighted by atomic mass is 9.80. The molecule has 2 heterocycles. The van der Waals surface area contributed by atoms with Crippen LogP contribution in [0.3, 0.4) is 0 Å².